The van der Waals surface area contributed by atoms with E-state index in [0.717, 1.165) is 5.56 Å². The topological polar surface area (TPSA) is 85.2 Å². The number of hydrogen-bond donors (Lipinski definition) is 2. The summed E-state index contributed by atoms with van der Waals surface area (Å²) in [4.78, 5) is 23.1. The maximum absolute atomic E-state index is 11.6. The van der Waals surface area contributed by atoms with Gasteiger partial charge in [0.15, 0.2) is 5.82 Å². The summed E-state index contributed by atoms with van der Waals surface area (Å²) in [6, 6.07) is 0. The highest BCUT2D eigenvalue weighted by molar-refractivity contribution is 5.98. The van der Waals surface area contributed by atoms with Crippen LogP contribution >= 0.6 is 0 Å². The molecule has 2 rings (SSSR count). The van der Waals surface area contributed by atoms with Crippen LogP contribution in [-0.4, -0.2) is 35.3 Å². The van der Waals surface area contributed by atoms with Crippen LogP contribution < -0.4 is 10.6 Å². The highest BCUT2D eigenvalue weighted by Gasteiger charge is 2.28. The van der Waals surface area contributed by atoms with E-state index in [0.29, 0.717) is 18.1 Å². The highest BCUT2D eigenvalue weighted by atomic mass is 16.5. The zero-order chi connectivity index (χ0) is 13.3. The Morgan fingerprint density at radius 2 is 2.39 bits per heavy atom. The predicted octanol–water partition coefficient (Wildman–Crippen LogP) is 0.136. The zero-order valence-electron chi connectivity index (χ0n) is 10.6. The molecule has 1 atom stereocenters. The van der Waals surface area contributed by atoms with Crippen LogP contribution in [0.15, 0.2) is 0 Å². The first-order chi connectivity index (χ1) is 8.52. The lowest BCUT2D eigenvalue weighted by Gasteiger charge is -2.19. The Bertz CT molecular complexity index is 495. The molecule has 1 unspecified atom stereocenters. The Labute approximate surface area is 104 Å². The first-order valence-electron chi connectivity index (χ1n) is 5.68. The molecule has 18 heavy (non-hydrogen) atoms. The number of rotatable bonds is 3. The fourth-order valence-corrected chi connectivity index (χ4v) is 1.96. The molecule has 0 aromatic carbocycles. The second-order valence-electron chi connectivity index (χ2n) is 4.37. The average molecular weight is 252 g/mol. The lowest BCUT2D eigenvalue weighted by Crippen LogP contribution is -2.29. The maximum atomic E-state index is 11.6. The monoisotopic (exact) mass is 252 g/mol. The van der Waals surface area contributed by atoms with Gasteiger partial charge in [-0.3, -0.25) is 14.3 Å². The van der Waals surface area contributed by atoms with Crippen LogP contribution in [0.5, 0.6) is 0 Å². The fourth-order valence-electron chi connectivity index (χ4n) is 1.96. The van der Waals surface area contributed by atoms with Crippen molar-refractivity contribution in [3.63, 3.8) is 0 Å². The van der Waals surface area contributed by atoms with E-state index in [1.165, 1.54) is 7.11 Å². The third-order valence-electron chi connectivity index (χ3n) is 2.88. The molecule has 1 aliphatic rings. The smallest absolute Gasteiger partial charge is 0.251 e. The fraction of sp³-hybridized carbons (Fsp3) is 0.545. The van der Waals surface area contributed by atoms with Gasteiger partial charge in [0, 0.05) is 25.6 Å². The third kappa shape index (κ3) is 2.21. The van der Waals surface area contributed by atoms with Gasteiger partial charge >= 0.3 is 0 Å². The van der Waals surface area contributed by atoms with E-state index in [9.17, 15) is 9.59 Å². The molecule has 7 nitrogen and oxygen atoms in total. The predicted molar refractivity (Wildman–Crippen MR) is 65.2 cm³/mol. The van der Waals surface area contributed by atoms with E-state index in [1.807, 2.05) is 6.92 Å². The van der Waals surface area contributed by atoms with Crippen molar-refractivity contribution in [2.75, 3.05) is 24.4 Å². The number of ether oxygens (including phenoxy) is 1. The number of amides is 2. The van der Waals surface area contributed by atoms with Gasteiger partial charge in [-0.1, -0.05) is 6.92 Å². The van der Waals surface area contributed by atoms with Gasteiger partial charge in [0.05, 0.1) is 0 Å². The van der Waals surface area contributed by atoms with Gasteiger partial charge in [0.25, 0.3) is 5.91 Å². The second kappa shape index (κ2) is 4.77. The lowest BCUT2D eigenvalue weighted by atomic mass is 9.98. The van der Waals surface area contributed by atoms with Crippen LogP contribution in [0, 0.1) is 5.92 Å². The summed E-state index contributed by atoms with van der Waals surface area (Å²) in [7, 11) is 3.18. The number of anilines is 2. The zero-order valence-corrected chi connectivity index (χ0v) is 10.6. The normalized spacial score (nSPS) is 18.2. The molecule has 2 heterocycles. The van der Waals surface area contributed by atoms with Crippen molar-refractivity contribution < 1.29 is 14.3 Å². The molecule has 1 aliphatic heterocycles. The Morgan fingerprint density at radius 3 is 3.06 bits per heavy atom. The molecule has 1 aromatic heterocycles. The van der Waals surface area contributed by atoms with Gasteiger partial charge in [-0.25, -0.2) is 0 Å². The van der Waals surface area contributed by atoms with Gasteiger partial charge in [-0.2, -0.15) is 5.10 Å². The first-order valence-corrected chi connectivity index (χ1v) is 5.68. The van der Waals surface area contributed by atoms with Crippen molar-refractivity contribution in [1.82, 2.24) is 9.78 Å². The van der Waals surface area contributed by atoms with E-state index in [-0.39, 0.29) is 24.3 Å². The summed E-state index contributed by atoms with van der Waals surface area (Å²) < 4.78 is 6.31. The molecular formula is C11H16N4O3. The molecule has 98 valence electrons. The van der Waals surface area contributed by atoms with E-state index in [2.05, 4.69) is 15.7 Å². The van der Waals surface area contributed by atoms with Crippen molar-refractivity contribution in [3.8, 4) is 0 Å². The summed E-state index contributed by atoms with van der Waals surface area (Å²) in [5.74, 6) is 0.718. The number of fused-ring (bicyclic) bond motifs is 1. The van der Waals surface area contributed by atoms with Crippen molar-refractivity contribution in [2.45, 2.75) is 13.3 Å². The molecular weight excluding hydrogens is 236 g/mol. The Balaban J connectivity index is 2.26. The van der Waals surface area contributed by atoms with Crippen LogP contribution in [0.2, 0.25) is 0 Å². The van der Waals surface area contributed by atoms with Crippen molar-refractivity contribution in [1.29, 1.82) is 0 Å². The van der Waals surface area contributed by atoms with Crippen molar-refractivity contribution in [3.05, 3.63) is 5.56 Å². The number of carbonyl (C=O) groups is 2. The molecule has 1 aromatic rings. The molecule has 0 aliphatic carbocycles. The van der Waals surface area contributed by atoms with E-state index < -0.39 is 0 Å². The minimum Gasteiger partial charge on any atom is -0.375 e. The van der Waals surface area contributed by atoms with Crippen LogP contribution in [0.1, 0.15) is 12.5 Å². The number of methoxy groups -OCH3 is 1. The van der Waals surface area contributed by atoms with Gasteiger partial charge in [-0.15, -0.1) is 0 Å². The van der Waals surface area contributed by atoms with Crippen LogP contribution in [-0.2, 0) is 27.8 Å². The Kier molecular flexibility index (Phi) is 3.33. The minimum atomic E-state index is -0.261. The summed E-state index contributed by atoms with van der Waals surface area (Å²) >= 11 is 0. The maximum Gasteiger partial charge on any atom is 0.251 e. The first kappa shape index (κ1) is 12.6. The molecule has 2 N–H and O–H groups in total. The van der Waals surface area contributed by atoms with Crippen molar-refractivity contribution >= 4 is 23.5 Å². The molecule has 0 spiro atoms. The number of nitrogens with zero attached hydrogens (tertiary/aromatic N) is 2. The number of nitrogens with one attached hydrogen (secondary N) is 2. The average Bonchev–Trinajstić information content (AvgIpc) is 2.57. The van der Waals surface area contributed by atoms with E-state index in [4.69, 9.17) is 4.74 Å². The Hall–Kier alpha value is -1.89. The van der Waals surface area contributed by atoms with Crippen LogP contribution in [0.4, 0.5) is 11.6 Å². The van der Waals surface area contributed by atoms with Gasteiger partial charge in [-0.05, 0) is 6.42 Å². The SMILES string of the molecule is COCC(=O)Nc1nn(C)c2c1CC(C)C(=O)N2. The highest BCUT2D eigenvalue weighted by Crippen LogP contribution is 2.30. The molecule has 0 bridgehead atoms. The van der Waals surface area contributed by atoms with Crippen LogP contribution in [0.25, 0.3) is 0 Å². The second-order valence-corrected chi connectivity index (χ2v) is 4.37. The Morgan fingerprint density at radius 1 is 1.67 bits per heavy atom. The number of carbonyl (C=O) groups excluding carboxylic acids is 2. The van der Waals surface area contributed by atoms with Crippen LogP contribution in [0.3, 0.4) is 0 Å². The molecule has 7 heteroatoms. The summed E-state index contributed by atoms with van der Waals surface area (Å²) in [5.41, 5.74) is 0.856. The largest absolute Gasteiger partial charge is 0.375 e. The van der Waals surface area contributed by atoms with Gasteiger partial charge in [0.2, 0.25) is 5.91 Å². The molecule has 0 fully saturated rings. The summed E-state index contributed by atoms with van der Waals surface area (Å²) in [5, 5.41) is 9.66. The molecule has 0 saturated carbocycles. The van der Waals surface area contributed by atoms with Gasteiger partial charge < -0.3 is 15.4 Å². The number of aryl methyl sites for hydroxylation is 1. The minimum absolute atomic E-state index is 0.0206. The number of hydrogen-bond acceptors (Lipinski definition) is 4. The number of aromatic nitrogens is 2. The molecule has 0 saturated heterocycles. The lowest BCUT2D eigenvalue weighted by molar-refractivity contribution is -0.120. The summed E-state index contributed by atoms with van der Waals surface area (Å²) in [6.07, 6.45) is 0.567. The van der Waals surface area contributed by atoms with Gasteiger partial charge in [0.1, 0.15) is 12.4 Å². The molecule has 0 radical (unpaired) electrons. The summed E-state index contributed by atoms with van der Waals surface area (Å²) in [6.45, 7) is 1.82. The molecule has 2 amide bonds. The van der Waals surface area contributed by atoms with E-state index >= 15 is 0 Å². The third-order valence-corrected chi connectivity index (χ3v) is 2.88. The van der Waals surface area contributed by atoms with E-state index in [1.54, 1.807) is 11.7 Å². The quantitative estimate of drug-likeness (QED) is 0.801. The van der Waals surface area contributed by atoms with Crippen molar-refractivity contribution in [2.24, 2.45) is 13.0 Å². The standard InChI is InChI=1S/C11H16N4O3/c1-6-4-7-9(12-8(16)5-18-3)14-15(2)10(7)13-11(6)17/h6H,4-5H2,1-3H3,(H,13,17)(H,12,14,16).